The first-order chi connectivity index (χ1) is 35.4. The molecule has 0 amide bonds. The molecule has 72 heavy (non-hydrogen) atoms. The summed E-state index contributed by atoms with van der Waals surface area (Å²) in [5.41, 5.74) is 18.0. The molecule has 0 N–H and O–H groups in total. The van der Waals surface area contributed by atoms with Crippen molar-refractivity contribution >= 4 is 43.6 Å². The van der Waals surface area contributed by atoms with Gasteiger partial charge in [0.25, 0.3) is 0 Å². The minimum atomic E-state index is 0.505. The van der Waals surface area contributed by atoms with Crippen LogP contribution in [0.15, 0.2) is 207 Å². The Morgan fingerprint density at radius 3 is 0.903 bits per heavy atom. The van der Waals surface area contributed by atoms with Crippen LogP contribution in [0.25, 0.3) is 111 Å². The monoisotopic (exact) mass is 914 g/mol. The lowest BCUT2D eigenvalue weighted by Gasteiger charge is -2.18. The van der Waals surface area contributed by atoms with Crippen LogP contribution in [0.5, 0.6) is 0 Å². The lowest BCUT2D eigenvalue weighted by Crippen LogP contribution is -2.02. The van der Waals surface area contributed by atoms with Crippen LogP contribution in [0.2, 0.25) is 0 Å². The summed E-state index contributed by atoms with van der Waals surface area (Å²) < 4.78 is 4.51. The van der Waals surface area contributed by atoms with E-state index in [1.165, 1.54) is 0 Å². The van der Waals surface area contributed by atoms with Gasteiger partial charge in [0.1, 0.15) is 0 Å². The second-order valence-corrected chi connectivity index (χ2v) is 17.6. The molecule has 0 aliphatic rings. The lowest BCUT2D eigenvalue weighted by molar-refractivity contribution is 1.13. The molecule has 330 valence electrons. The van der Waals surface area contributed by atoms with Crippen LogP contribution in [0.3, 0.4) is 0 Å². The first-order valence-electron chi connectivity index (χ1n) is 23.1. The van der Waals surface area contributed by atoms with Crippen molar-refractivity contribution < 1.29 is 0 Å². The molecule has 3 heterocycles. The van der Waals surface area contributed by atoms with Gasteiger partial charge in [-0.15, -0.1) is 0 Å². The van der Waals surface area contributed by atoms with Crippen LogP contribution in [0.1, 0.15) is 27.8 Å². The topological polar surface area (TPSA) is 142 Å². The molecule has 12 rings (SSSR count). The minimum Gasteiger partial charge on any atom is -0.309 e. The van der Waals surface area contributed by atoms with Crippen molar-refractivity contribution in [1.29, 1.82) is 26.3 Å². The zero-order valence-electron chi connectivity index (χ0n) is 38.2. The average molecular weight is 915 g/mol. The molecule has 12 aromatic rings. The maximum Gasteiger partial charge on any atom is 0.0992 e. The Balaban J connectivity index is 1.10. The van der Waals surface area contributed by atoms with Crippen LogP contribution < -0.4 is 0 Å². The van der Waals surface area contributed by atoms with Crippen molar-refractivity contribution in [3.8, 4) is 97.4 Å². The summed E-state index contributed by atoms with van der Waals surface area (Å²) in [6.45, 7) is 0. The van der Waals surface area contributed by atoms with Crippen LogP contribution in [0.4, 0.5) is 0 Å². The Morgan fingerprint density at radius 2 is 0.569 bits per heavy atom. The summed E-state index contributed by atoms with van der Waals surface area (Å²) in [5.74, 6) is 0. The number of aromatic nitrogens is 3. The molecule has 9 aromatic carbocycles. The van der Waals surface area contributed by atoms with E-state index in [2.05, 4.69) is 112 Å². The Bertz CT molecular complexity index is 4180. The second kappa shape index (κ2) is 17.4. The molecule has 8 heteroatoms. The molecule has 8 nitrogen and oxygen atoms in total. The third-order valence-electron chi connectivity index (χ3n) is 13.6. The van der Waals surface area contributed by atoms with Crippen molar-refractivity contribution in [1.82, 2.24) is 14.1 Å². The van der Waals surface area contributed by atoms with Gasteiger partial charge in [-0.2, -0.15) is 26.3 Å². The summed E-state index contributed by atoms with van der Waals surface area (Å²) in [7, 11) is 0. The standard InChI is InChI=1S/C64H34N8/c65-34-40-1-10-45(11-2-40)49-18-23-59-55(30-49)56-31-50(46-12-3-41(35-66)4-13-46)19-24-60(56)71(59)63-29-44(38-69)9-22-53(63)54-27-28-70-39-64(54)72-61-25-20-51(47-14-5-42(36-67)6-15-47)32-57(61)58-33-52(21-26-62(58)72)48-16-7-43(37-68)8-17-48/h1-33,39H. The minimum absolute atomic E-state index is 0.505. The fraction of sp³-hybridized carbons (Fsp3) is 0. The largest absolute Gasteiger partial charge is 0.309 e. The molecule has 3 aromatic heterocycles. The number of hydrogen-bond acceptors (Lipinski definition) is 6. The predicted octanol–water partition coefficient (Wildman–Crippen LogP) is 15.0. The molecular weight excluding hydrogens is 881 g/mol. The smallest absolute Gasteiger partial charge is 0.0992 e. The van der Waals surface area contributed by atoms with Gasteiger partial charge in [-0.3, -0.25) is 4.98 Å². The van der Waals surface area contributed by atoms with Crippen LogP contribution in [-0.4, -0.2) is 14.1 Å². The van der Waals surface area contributed by atoms with E-state index in [1.807, 2.05) is 128 Å². The fourth-order valence-corrected chi connectivity index (χ4v) is 10.0. The van der Waals surface area contributed by atoms with Gasteiger partial charge in [0.2, 0.25) is 0 Å². The SMILES string of the molecule is N#Cc1ccc(-c2ccc3c(c2)c2cc(-c4ccc(C#N)cc4)ccc2n3-c2cnccc2-c2ccc(C#N)cc2-n2c3ccc(-c4ccc(C#N)cc4)cc3c3cc(-c4ccc(C#N)cc4)ccc32)cc1. The second-order valence-electron chi connectivity index (χ2n) is 17.6. The summed E-state index contributed by atoms with van der Waals surface area (Å²) in [6, 6.07) is 75.4. The highest BCUT2D eigenvalue weighted by Gasteiger charge is 2.23. The summed E-state index contributed by atoms with van der Waals surface area (Å²) in [4.78, 5) is 4.76. The van der Waals surface area contributed by atoms with E-state index in [0.717, 1.165) is 111 Å². The van der Waals surface area contributed by atoms with Gasteiger partial charge < -0.3 is 9.13 Å². The van der Waals surface area contributed by atoms with Gasteiger partial charge in [-0.05, 0) is 160 Å². The van der Waals surface area contributed by atoms with Crippen molar-refractivity contribution in [3.05, 3.63) is 234 Å². The third kappa shape index (κ3) is 7.17. The molecule has 0 saturated carbocycles. The number of rotatable bonds is 7. The van der Waals surface area contributed by atoms with Gasteiger partial charge in [0.05, 0.1) is 97.8 Å². The van der Waals surface area contributed by atoms with Crippen molar-refractivity contribution in [2.24, 2.45) is 0 Å². The molecule has 0 radical (unpaired) electrons. The highest BCUT2D eigenvalue weighted by Crippen LogP contribution is 2.44. The summed E-state index contributed by atoms with van der Waals surface area (Å²) in [5, 5.41) is 52.7. The molecule has 0 bridgehead atoms. The van der Waals surface area contributed by atoms with E-state index in [9.17, 15) is 26.3 Å². The van der Waals surface area contributed by atoms with E-state index >= 15 is 0 Å². The third-order valence-corrected chi connectivity index (χ3v) is 13.6. The first kappa shape index (κ1) is 42.5. The van der Waals surface area contributed by atoms with Gasteiger partial charge >= 0.3 is 0 Å². The van der Waals surface area contributed by atoms with Gasteiger partial charge in [-0.25, -0.2) is 0 Å². The van der Waals surface area contributed by atoms with Crippen LogP contribution in [-0.2, 0) is 0 Å². The molecule has 0 unspecified atom stereocenters. The van der Waals surface area contributed by atoms with E-state index in [1.54, 1.807) is 6.20 Å². The molecule has 0 saturated heterocycles. The van der Waals surface area contributed by atoms with E-state index < -0.39 is 0 Å². The molecule has 0 atom stereocenters. The highest BCUT2D eigenvalue weighted by molar-refractivity contribution is 6.14. The van der Waals surface area contributed by atoms with Crippen molar-refractivity contribution in [2.45, 2.75) is 0 Å². The molecule has 0 aliphatic heterocycles. The van der Waals surface area contributed by atoms with Gasteiger partial charge in [0, 0.05) is 38.9 Å². The Labute approximate surface area is 413 Å². The molecule has 0 fully saturated rings. The lowest BCUT2D eigenvalue weighted by atomic mass is 9.99. The summed E-state index contributed by atoms with van der Waals surface area (Å²) >= 11 is 0. The number of hydrogen-bond donors (Lipinski definition) is 0. The number of fused-ring (bicyclic) bond motifs is 6. The van der Waals surface area contributed by atoms with E-state index in [0.29, 0.717) is 27.8 Å². The predicted molar refractivity (Wildman–Crippen MR) is 284 cm³/mol. The van der Waals surface area contributed by atoms with Crippen molar-refractivity contribution in [3.63, 3.8) is 0 Å². The zero-order chi connectivity index (χ0) is 48.9. The normalized spacial score (nSPS) is 11.0. The quantitative estimate of drug-likeness (QED) is 0.156. The number of pyridine rings is 1. The van der Waals surface area contributed by atoms with Crippen LogP contribution in [0, 0.1) is 56.7 Å². The molecule has 0 spiro atoms. The number of nitriles is 5. The fourth-order valence-electron chi connectivity index (χ4n) is 10.0. The zero-order valence-corrected chi connectivity index (χ0v) is 38.2. The highest BCUT2D eigenvalue weighted by atomic mass is 15.0. The Hall–Kier alpha value is -10.8. The Morgan fingerprint density at radius 1 is 0.278 bits per heavy atom. The van der Waals surface area contributed by atoms with E-state index in [4.69, 9.17) is 4.98 Å². The maximum absolute atomic E-state index is 10.5. The number of benzene rings is 9. The molecule has 0 aliphatic carbocycles. The van der Waals surface area contributed by atoms with Gasteiger partial charge in [-0.1, -0.05) is 78.9 Å². The van der Waals surface area contributed by atoms with E-state index in [-0.39, 0.29) is 0 Å². The average Bonchev–Trinajstić information content (AvgIpc) is 3.96. The first-order valence-corrected chi connectivity index (χ1v) is 23.1. The summed E-state index contributed by atoms with van der Waals surface area (Å²) in [6.07, 6.45) is 3.71. The maximum atomic E-state index is 10.5. The van der Waals surface area contributed by atoms with Gasteiger partial charge in [0.15, 0.2) is 0 Å². The Kier molecular flexibility index (Phi) is 10.3. The van der Waals surface area contributed by atoms with Crippen LogP contribution >= 0.6 is 0 Å². The van der Waals surface area contributed by atoms with Crippen molar-refractivity contribution in [2.75, 3.05) is 0 Å². The molecular formula is C64H34N8. The number of nitrogens with zero attached hydrogens (tertiary/aromatic N) is 8.